The summed E-state index contributed by atoms with van der Waals surface area (Å²) in [6.07, 6.45) is 1.09. The van der Waals surface area contributed by atoms with E-state index in [0.717, 1.165) is 31.8 Å². The summed E-state index contributed by atoms with van der Waals surface area (Å²) in [5.41, 5.74) is 1.11. The molecule has 0 aliphatic rings. The number of nitrogens with one attached hydrogen (secondary N) is 1. The van der Waals surface area contributed by atoms with E-state index in [1.54, 1.807) is 11.3 Å². The van der Waals surface area contributed by atoms with Crippen LogP contribution in [0.4, 0.5) is 0 Å². The molecule has 0 aliphatic carbocycles. The Kier molecular flexibility index (Phi) is 5.90. The maximum atomic E-state index is 6.36. The van der Waals surface area contributed by atoms with E-state index < -0.39 is 0 Å². The van der Waals surface area contributed by atoms with Gasteiger partial charge in [-0.2, -0.15) is 0 Å². The molecular weight excluding hydrogens is 409 g/mol. The van der Waals surface area contributed by atoms with Gasteiger partial charge in [-0.3, -0.25) is 0 Å². The molecule has 1 N–H and O–H groups in total. The first-order chi connectivity index (χ1) is 9.11. The van der Waals surface area contributed by atoms with Gasteiger partial charge in [-0.1, -0.05) is 34.5 Å². The topological polar surface area (TPSA) is 12.0 Å². The fourth-order valence-corrected chi connectivity index (χ4v) is 4.00. The van der Waals surface area contributed by atoms with Crippen LogP contribution < -0.4 is 5.32 Å². The van der Waals surface area contributed by atoms with Crippen molar-refractivity contribution in [3.8, 4) is 0 Å². The molecule has 1 unspecified atom stereocenters. The SMILES string of the molecule is CCCNC(c1ccc(Br)s1)c1cc(Br)ccc1Cl. The molecule has 1 aromatic carbocycles. The third-order valence-electron chi connectivity index (χ3n) is 2.75. The van der Waals surface area contributed by atoms with Crippen LogP contribution in [0, 0.1) is 0 Å². The van der Waals surface area contributed by atoms with Crippen LogP contribution in [0.5, 0.6) is 0 Å². The summed E-state index contributed by atoms with van der Waals surface area (Å²) in [5, 5.41) is 4.36. The molecule has 1 atom stereocenters. The van der Waals surface area contributed by atoms with Crippen LogP contribution in [0.2, 0.25) is 5.02 Å². The normalized spacial score (nSPS) is 12.6. The quantitative estimate of drug-likeness (QED) is 0.620. The van der Waals surface area contributed by atoms with Crippen molar-refractivity contribution in [3.63, 3.8) is 0 Å². The molecule has 102 valence electrons. The molecular formula is C14H14Br2ClNS. The summed E-state index contributed by atoms with van der Waals surface area (Å²) in [5.74, 6) is 0. The van der Waals surface area contributed by atoms with E-state index in [-0.39, 0.29) is 6.04 Å². The predicted molar refractivity (Wildman–Crippen MR) is 91.3 cm³/mol. The van der Waals surface area contributed by atoms with Gasteiger partial charge in [0.1, 0.15) is 0 Å². The van der Waals surface area contributed by atoms with E-state index in [9.17, 15) is 0 Å². The van der Waals surface area contributed by atoms with Gasteiger partial charge >= 0.3 is 0 Å². The zero-order chi connectivity index (χ0) is 13.8. The van der Waals surface area contributed by atoms with Gasteiger partial charge in [-0.15, -0.1) is 11.3 Å². The standard InChI is InChI=1S/C14H14Br2ClNS/c1-2-7-18-14(12-5-6-13(16)19-12)10-8-9(15)3-4-11(10)17/h3-6,8,14,18H,2,7H2,1H3. The number of hydrogen-bond donors (Lipinski definition) is 1. The number of thiophene rings is 1. The molecule has 1 aromatic heterocycles. The van der Waals surface area contributed by atoms with E-state index in [2.05, 4.69) is 62.3 Å². The highest BCUT2D eigenvalue weighted by molar-refractivity contribution is 9.11. The van der Waals surface area contributed by atoms with Gasteiger partial charge in [0.2, 0.25) is 0 Å². The number of halogens is 3. The van der Waals surface area contributed by atoms with Gasteiger partial charge in [0.05, 0.1) is 9.83 Å². The molecule has 1 nitrogen and oxygen atoms in total. The minimum Gasteiger partial charge on any atom is -0.306 e. The predicted octanol–water partition coefficient (Wildman–Crippen LogP) is 6.02. The van der Waals surface area contributed by atoms with Crippen molar-refractivity contribution in [1.82, 2.24) is 5.32 Å². The average Bonchev–Trinajstić information content (AvgIpc) is 2.80. The van der Waals surface area contributed by atoms with E-state index in [0.29, 0.717) is 0 Å². The Morgan fingerprint density at radius 2 is 2.05 bits per heavy atom. The summed E-state index contributed by atoms with van der Waals surface area (Å²) in [6, 6.07) is 10.3. The van der Waals surface area contributed by atoms with Crippen molar-refractivity contribution < 1.29 is 0 Å². The first-order valence-electron chi connectivity index (χ1n) is 6.05. The van der Waals surface area contributed by atoms with Gasteiger partial charge in [0.15, 0.2) is 0 Å². The molecule has 2 rings (SSSR count). The monoisotopic (exact) mass is 421 g/mol. The zero-order valence-corrected chi connectivity index (χ0v) is 15.2. The largest absolute Gasteiger partial charge is 0.306 e. The highest BCUT2D eigenvalue weighted by Gasteiger charge is 2.18. The lowest BCUT2D eigenvalue weighted by Crippen LogP contribution is -2.22. The Hall–Kier alpha value is 0.130. The second-order valence-electron chi connectivity index (χ2n) is 4.19. The lowest BCUT2D eigenvalue weighted by molar-refractivity contribution is 0.606. The third kappa shape index (κ3) is 4.05. The van der Waals surface area contributed by atoms with Crippen LogP contribution in [0.1, 0.15) is 29.8 Å². The van der Waals surface area contributed by atoms with Crippen molar-refractivity contribution in [3.05, 3.63) is 54.1 Å². The van der Waals surface area contributed by atoms with Crippen LogP contribution in [0.25, 0.3) is 0 Å². The third-order valence-corrected chi connectivity index (χ3v) is 5.27. The maximum absolute atomic E-state index is 6.36. The molecule has 0 fully saturated rings. The highest BCUT2D eigenvalue weighted by atomic mass is 79.9. The van der Waals surface area contributed by atoms with E-state index in [1.807, 2.05) is 12.1 Å². The first kappa shape index (κ1) is 15.5. The molecule has 0 aliphatic heterocycles. The summed E-state index contributed by atoms with van der Waals surface area (Å²) in [4.78, 5) is 1.26. The van der Waals surface area contributed by atoms with Crippen molar-refractivity contribution in [2.75, 3.05) is 6.54 Å². The van der Waals surface area contributed by atoms with E-state index in [4.69, 9.17) is 11.6 Å². The van der Waals surface area contributed by atoms with E-state index in [1.165, 1.54) is 4.88 Å². The van der Waals surface area contributed by atoms with Crippen molar-refractivity contribution >= 4 is 54.8 Å². The lowest BCUT2D eigenvalue weighted by atomic mass is 10.1. The zero-order valence-electron chi connectivity index (χ0n) is 10.4. The molecule has 0 saturated heterocycles. The summed E-state index contributed by atoms with van der Waals surface area (Å²) in [6.45, 7) is 3.12. The Balaban J connectivity index is 2.39. The maximum Gasteiger partial charge on any atom is 0.0702 e. The van der Waals surface area contributed by atoms with Crippen LogP contribution in [0.15, 0.2) is 38.6 Å². The van der Waals surface area contributed by atoms with Crippen LogP contribution in [-0.4, -0.2) is 6.54 Å². The smallest absolute Gasteiger partial charge is 0.0702 e. The average molecular weight is 424 g/mol. The highest BCUT2D eigenvalue weighted by Crippen LogP contribution is 2.35. The van der Waals surface area contributed by atoms with Gasteiger partial charge in [-0.05, 0) is 64.8 Å². The Morgan fingerprint density at radius 3 is 2.68 bits per heavy atom. The van der Waals surface area contributed by atoms with Crippen molar-refractivity contribution in [2.24, 2.45) is 0 Å². The van der Waals surface area contributed by atoms with Crippen molar-refractivity contribution in [1.29, 1.82) is 0 Å². The molecule has 0 spiro atoms. The Labute approximate surface area is 139 Å². The Morgan fingerprint density at radius 1 is 1.26 bits per heavy atom. The van der Waals surface area contributed by atoms with Gasteiger partial charge in [0.25, 0.3) is 0 Å². The summed E-state index contributed by atoms with van der Waals surface area (Å²) >= 11 is 15.1. The molecule has 19 heavy (non-hydrogen) atoms. The lowest BCUT2D eigenvalue weighted by Gasteiger charge is -2.19. The molecule has 0 amide bonds. The molecule has 1 heterocycles. The Bertz CT molecular complexity index is 556. The van der Waals surface area contributed by atoms with Crippen LogP contribution in [-0.2, 0) is 0 Å². The number of rotatable bonds is 5. The summed E-state index contributed by atoms with van der Waals surface area (Å²) in [7, 11) is 0. The number of hydrogen-bond acceptors (Lipinski definition) is 2. The van der Waals surface area contributed by atoms with Crippen LogP contribution >= 0.6 is 54.8 Å². The fourth-order valence-electron chi connectivity index (χ4n) is 1.87. The molecule has 2 aromatic rings. The molecule has 0 saturated carbocycles. The number of benzene rings is 1. The van der Waals surface area contributed by atoms with Gasteiger partial charge in [0, 0.05) is 14.4 Å². The minimum atomic E-state index is 0.140. The van der Waals surface area contributed by atoms with Crippen molar-refractivity contribution in [2.45, 2.75) is 19.4 Å². The first-order valence-corrected chi connectivity index (χ1v) is 8.83. The van der Waals surface area contributed by atoms with E-state index >= 15 is 0 Å². The van der Waals surface area contributed by atoms with Gasteiger partial charge in [-0.25, -0.2) is 0 Å². The van der Waals surface area contributed by atoms with Gasteiger partial charge < -0.3 is 5.32 Å². The fraction of sp³-hybridized carbons (Fsp3) is 0.286. The van der Waals surface area contributed by atoms with Crippen LogP contribution in [0.3, 0.4) is 0 Å². The molecule has 0 radical (unpaired) electrons. The second-order valence-corrected chi connectivity index (χ2v) is 8.01. The minimum absolute atomic E-state index is 0.140. The molecule has 0 bridgehead atoms. The second kappa shape index (κ2) is 7.23. The summed E-state index contributed by atoms with van der Waals surface area (Å²) < 4.78 is 2.18. The molecule has 5 heteroatoms.